The second kappa shape index (κ2) is 6.85. The number of hydrogen-bond acceptors (Lipinski definition) is 3. The van der Waals surface area contributed by atoms with E-state index in [9.17, 15) is 4.79 Å². The van der Waals surface area contributed by atoms with Crippen LogP contribution >= 0.6 is 12.2 Å². The Morgan fingerprint density at radius 3 is 2.48 bits per heavy atom. The third kappa shape index (κ3) is 3.79. The molecule has 0 radical (unpaired) electrons. The molecule has 0 spiro atoms. The second-order valence-corrected chi connectivity index (χ2v) is 4.76. The summed E-state index contributed by atoms with van der Waals surface area (Å²) in [4.78, 5) is 12.6. The predicted octanol–water partition coefficient (Wildman–Crippen LogP) is 2.97. The van der Waals surface area contributed by atoms with Crippen molar-refractivity contribution in [2.24, 2.45) is 5.73 Å². The van der Waals surface area contributed by atoms with Gasteiger partial charge in [0.05, 0.1) is 12.2 Å². The zero-order valence-corrected chi connectivity index (χ0v) is 12.4. The lowest BCUT2D eigenvalue weighted by atomic mass is 10.1. The molecule has 2 aromatic carbocycles. The van der Waals surface area contributed by atoms with E-state index in [1.165, 1.54) is 0 Å². The topological polar surface area (TPSA) is 64.3 Å². The molecule has 108 valence electrons. The first-order valence-electron chi connectivity index (χ1n) is 6.55. The first-order chi connectivity index (χ1) is 10.1. The summed E-state index contributed by atoms with van der Waals surface area (Å²) in [5.41, 5.74) is 7.47. The van der Waals surface area contributed by atoms with Crippen LogP contribution in [-0.2, 0) is 0 Å². The Hall–Kier alpha value is -2.40. The molecular formula is C16H16N2O2S. The minimum Gasteiger partial charge on any atom is -0.493 e. The SMILES string of the molecule is CCOc1ccccc1C(=O)Nc1ccc(C(N)=S)cc1. The monoisotopic (exact) mass is 300 g/mol. The molecule has 0 bridgehead atoms. The van der Waals surface area contributed by atoms with Gasteiger partial charge in [0.25, 0.3) is 5.91 Å². The van der Waals surface area contributed by atoms with Gasteiger partial charge in [-0.15, -0.1) is 0 Å². The fraction of sp³-hybridized carbons (Fsp3) is 0.125. The average molecular weight is 300 g/mol. The Morgan fingerprint density at radius 1 is 1.19 bits per heavy atom. The lowest BCUT2D eigenvalue weighted by Crippen LogP contribution is -2.14. The number of thiocarbonyl (C=S) groups is 1. The number of benzene rings is 2. The summed E-state index contributed by atoms with van der Waals surface area (Å²) in [6.07, 6.45) is 0. The van der Waals surface area contributed by atoms with Gasteiger partial charge in [0.15, 0.2) is 0 Å². The summed E-state index contributed by atoms with van der Waals surface area (Å²) in [7, 11) is 0. The highest BCUT2D eigenvalue weighted by atomic mass is 32.1. The lowest BCUT2D eigenvalue weighted by Gasteiger charge is -2.10. The fourth-order valence-corrected chi connectivity index (χ4v) is 1.99. The van der Waals surface area contributed by atoms with Crippen molar-refractivity contribution in [3.05, 3.63) is 59.7 Å². The van der Waals surface area contributed by atoms with E-state index in [4.69, 9.17) is 22.7 Å². The van der Waals surface area contributed by atoms with Gasteiger partial charge in [-0.1, -0.05) is 24.4 Å². The largest absolute Gasteiger partial charge is 0.493 e. The number of nitrogens with one attached hydrogen (secondary N) is 1. The minimum atomic E-state index is -0.220. The molecule has 0 saturated carbocycles. The summed E-state index contributed by atoms with van der Waals surface area (Å²) in [6, 6.07) is 14.2. The van der Waals surface area contributed by atoms with Crippen LogP contribution in [0.25, 0.3) is 0 Å². The van der Waals surface area contributed by atoms with E-state index in [1.807, 2.05) is 13.0 Å². The summed E-state index contributed by atoms with van der Waals surface area (Å²) in [5.74, 6) is 0.347. The Labute approximate surface area is 128 Å². The number of anilines is 1. The Morgan fingerprint density at radius 2 is 1.86 bits per heavy atom. The van der Waals surface area contributed by atoms with Crippen molar-refractivity contribution in [2.45, 2.75) is 6.92 Å². The zero-order chi connectivity index (χ0) is 15.2. The third-order valence-electron chi connectivity index (χ3n) is 2.86. The van der Waals surface area contributed by atoms with Gasteiger partial charge in [0, 0.05) is 11.3 Å². The van der Waals surface area contributed by atoms with E-state index in [0.717, 1.165) is 5.56 Å². The maximum Gasteiger partial charge on any atom is 0.259 e. The first kappa shape index (κ1) is 15.0. The predicted molar refractivity (Wildman–Crippen MR) is 87.9 cm³/mol. The molecule has 21 heavy (non-hydrogen) atoms. The second-order valence-electron chi connectivity index (χ2n) is 4.32. The van der Waals surface area contributed by atoms with Crippen molar-refractivity contribution in [3.8, 4) is 5.75 Å². The fourth-order valence-electron chi connectivity index (χ4n) is 1.85. The molecular weight excluding hydrogens is 284 g/mol. The summed E-state index contributed by atoms with van der Waals surface area (Å²) in [5, 5.41) is 2.82. The number of ether oxygens (including phenoxy) is 1. The quantitative estimate of drug-likeness (QED) is 0.833. The van der Waals surface area contributed by atoms with Gasteiger partial charge in [0.1, 0.15) is 10.7 Å². The first-order valence-corrected chi connectivity index (χ1v) is 6.95. The van der Waals surface area contributed by atoms with Crippen molar-refractivity contribution < 1.29 is 9.53 Å². The van der Waals surface area contributed by atoms with Crippen LogP contribution in [-0.4, -0.2) is 17.5 Å². The number of nitrogens with two attached hydrogens (primary N) is 1. The van der Waals surface area contributed by atoms with E-state index in [2.05, 4.69) is 5.32 Å². The maximum atomic E-state index is 12.3. The molecule has 2 aromatic rings. The molecule has 0 aromatic heterocycles. The van der Waals surface area contributed by atoms with E-state index >= 15 is 0 Å². The molecule has 0 aliphatic rings. The van der Waals surface area contributed by atoms with Crippen LogP contribution in [0.1, 0.15) is 22.8 Å². The smallest absolute Gasteiger partial charge is 0.259 e. The van der Waals surface area contributed by atoms with Gasteiger partial charge in [-0.2, -0.15) is 0 Å². The van der Waals surface area contributed by atoms with Crippen molar-refractivity contribution in [1.29, 1.82) is 0 Å². The van der Waals surface area contributed by atoms with Crippen LogP contribution in [0.15, 0.2) is 48.5 Å². The molecule has 4 nitrogen and oxygen atoms in total. The average Bonchev–Trinajstić information content (AvgIpc) is 2.48. The molecule has 0 atom stereocenters. The lowest BCUT2D eigenvalue weighted by molar-refractivity contribution is 0.102. The van der Waals surface area contributed by atoms with Gasteiger partial charge in [0.2, 0.25) is 0 Å². The van der Waals surface area contributed by atoms with Gasteiger partial charge in [-0.3, -0.25) is 4.79 Å². The Bertz CT molecular complexity index is 654. The van der Waals surface area contributed by atoms with Gasteiger partial charge >= 0.3 is 0 Å². The van der Waals surface area contributed by atoms with Gasteiger partial charge in [-0.05, 0) is 43.3 Å². The standard InChI is InChI=1S/C16H16N2O2S/c1-2-20-14-6-4-3-5-13(14)16(19)18-12-9-7-11(8-10-12)15(17)21/h3-10H,2H2,1H3,(H2,17,21)(H,18,19). The molecule has 0 saturated heterocycles. The van der Waals surface area contributed by atoms with E-state index in [0.29, 0.717) is 28.6 Å². The number of amides is 1. The van der Waals surface area contributed by atoms with E-state index < -0.39 is 0 Å². The van der Waals surface area contributed by atoms with Crippen LogP contribution in [0.2, 0.25) is 0 Å². The molecule has 0 heterocycles. The van der Waals surface area contributed by atoms with Crippen LogP contribution in [0.4, 0.5) is 5.69 Å². The van der Waals surface area contributed by atoms with Gasteiger partial charge in [-0.25, -0.2) is 0 Å². The maximum absolute atomic E-state index is 12.3. The minimum absolute atomic E-state index is 0.220. The van der Waals surface area contributed by atoms with Crippen LogP contribution in [0.5, 0.6) is 5.75 Å². The van der Waals surface area contributed by atoms with Crippen LogP contribution < -0.4 is 15.8 Å². The summed E-state index contributed by atoms with van der Waals surface area (Å²) >= 11 is 4.89. The number of rotatable bonds is 5. The summed E-state index contributed by atoms with van der Waals surface area (Å²) < 4.78 is 5.45. The number of carbonyl (C=O) groups is 1. The molecule has 0 aliphatic carbocycles. The van der Waals surface area contributed by atoms with Gasteiger partial charge < -0.3 is 15.8 Å². The highest BCUT2D eigenvalue weighted by Crippen LogP contribution is 2.20. The van der Waals surface area contributed by atoms with Crippen LogP contribution in [0, 0.1) is 0 Å². The molecule has 1 amide bonds. The molecule has 2 rings (SSSR count). The Kier molecular flexibility index (Phi) is 4.90. The molecule has 3 N–H and O–H groups in total. The third-order valence-corrected chi connectivity index (χ3v) is 3.09. The molecule has 0 unspecified atom stereocenters. The van der Waals surface area contributed by atoms with Crippen LogP contribution in [0.3, 0.4) is 0 Å². The highest BCUT2D eigenvalue weighted by Gasteiger charge is 2.12. The number of carbonyl (C=O) groups excluding carboxylic acids is 1. The normalized spacial score (nSPS) is 9.95. The van der Waals surface area contributed by atoms with Crippen molar-refractivity contribution in [3.63, 3.8) is 0 Å². The summed E-state index contributed by atoms with van der Waals surface area (Å²) in [6.45, 7) is 2.38. The van der Waals surface area contributed by atoms with E-state index in [-0.39, 0.29) is 5.91 Å². The highest BCUT2D eigenvalue weighted by molar-refractivity contribution is 7.80. The molecule has 0 fully saturated rings. The van der Waals surface area contributed by atoms with Crippen molar-refractivity contribution >= 4 is 28.8 Å². The van der Waals surface area contributed by atoms with E-state index in [1.54, 1.807) is 42.5 Å². The zero-order valence-electron chi connectivity index (χ0n) is 11.6. The van der Waals surface area contributed by atoms with Crippen molar-refractivity contribution in [1.82, 2.24) is 0 Å². The molecule has 5 heteroatoms. The molecule has 0 aliphatic heterocycles. The Balaban J connectivity index is 2.16. The van der Waals surface area contributed by atoms with Crippen molar-refractivity contribution in [2.75, 3.05) is 11.9 Å². The number of para-hydroxylation sites is 1. The number of hydrogen-bond donors (Lipinski definition) is 2.